The van der Waals surface area contributed by atoms with Crippen LogP contribution in [-0.2, 0) is 16.4 Å². The van der Waals surface area contributed by atoms with E-state index < -0.39 is 16.1 Å². The zero-order valence-corrected chi connectivity index (χ0v) is 18.1. The summed E-state index contributed by atoms with van der Waals surface area (Å²) in [7, 11) is -3.85. The molecule has 0 atom stereocenters. The number of carbonyl (C=O) groups excluding carboxylic acids is 1. The number of halogens is 1. The number of nitrogens with one attached hydrogen (secondary N) is 3. The lowest BCUT2D eigenvalue weighted by atomic mass is 10.1. The fourth-order valence-corrected chi connectivity index (χ4v) is 4.39. The van der Waals surface area contributed by atoms with Crippen LogP contribution in [0.4, 0.5) is 21.9 Å². The maximum absolute atomic E-state index is 12.8. The summed E-state index contributed by atoms with van der Waals surface area (Å²) < 4.78 is 28.2. The Balaban J connectivity index is 1.79. The van der Waals surface area contributed by atoms with Crippen molar-refractivity contribution in [2.45, 2.75) is 25.2 Å². The van der Waals surface area contributed by atoms with Gasteiger partial charge in [-0.15, -0.1) is 0 Å². The molecule has 2 amide bonds. The van der Waals surface area contributed by atoms with Crippen molar-refractivity contribution >= 4 is 44.7 Å². The molecule has 0 heterocycles. The quantitative estimate of drug-likeness (QED) is 0.459. The third-order valence-corrected chi connectivity index (χ3v) is 6.25. The molecule has 0 spiro atoms. The summed E-state index contributed by atoms with van der Waals surface area (Å²) in [5.74, 6) is 0. The van der Waals surface area contributed by atoms with Crippen LogP contribution in [-0.4, -0.2) is 14.4 Å². The van der Waals surface area contributed by atoms with Crippen LogP contribution in [0.3, 0.4) is 0 Å². The Morgan fingerprint density at radius 1 is 0.933 bits per heavy atom. The van der Waals surface area contributed by atoms with Crippen LogP contribution in [0.25, 0.3) is 0 Å². The first kappa shape index (κ1) is 21.7. The van der Waals surface area contributed by atoms with Gasteiger partial charge in [-0.1, -0.05) is 42.8 Å². The molecule has 3 aromatic carbocycles. The lowest BCUT2D eigenvalue weighted by Crippen LogP contribution is -2.21. The normalized spacial score (nSPS) is 11.0. The first-order valence-electron chi connectivity index (χ1n) is 9.33. The van der Waals surface area contributed by atoms with Crippen molar-refractivity contribution in [3.8, 4) is 0 Å². The summed E-state index contributed by atoms with van der Waals surface area (Å²) in [5.41, 5.74) is 3.03. The largest absolute Gasteiger partial charge is 0.323 e. The van der Waals surface area contributed by atoms with E-state index in [-0.39, 0.29) is 4.90 Å². The molecule has 0 aromatic heterocycles. The first-order valence-corrected chi connectivity index (χ1v) is 11.2. The third-order valence-electron chi connectivity index (χ3n) is 4.48. The van der Waals surface area contributed by atoms with Crippen molar-refractivity contribution in [1.29, 1.82) is 0 Å². The van der Waals surface area contributed by atoms with Crippen LogP contribution in [0.2, 0.25) is 5.02 Å². The zero-order chi connectivity index (χ0) is 21.7. The number of hydrogen-bond donors (Lipinski definition) is 3. The Morgan fingerprint density at radius 2 is 1.60 bits per heavy atom. The second-order valence-corrected chi connectivity index (χ2v) is 8.77. The molecule has 0 aliphatic heterocycles. The molecule has 0 saturated carbocycles. The number of amides is 2. The number of urea groups is 1. The van der Waals surface area contributed by atoms with Gasteiger partial charge in [0.1, 0.15) is 0 Å². The maximum Gasteiger partial charge on any atom is 0.323 e. The van der Waals surface area contributed by atoms with E-state index in [9.17, 15) is 13.2 Å². The maximum atomic E-state index is 12.8. The Bertz CT molecular complexity index is 1160. The van der Waals surface area contributed by atoms with Gasteiger partial charge in [0, 0.05) is 22.1 Å². The molecule has 3 rings (SSSR count). The summed E-state index contributed by atoms with van der Waals surface area (Å²) >= 11 is 5.85. The minimum Gasteiger partial charge on any atom is -0.308 e. The molecule has 30 heavy (non-hydrogen) atoms. The van der Waals surface area contributed by atoms with Crippen LogP contribution >= 0.6 is 11.6 Å². The Kier molecular flexibility index (Phi) is 6.64. The number of aryl methyl sites for hydroxylation is 2. The standard InChI is InChI=1S/C22H22ClN3O3S/c1-3-16-6-4-5-7-20(16)25-22(27)24-19-11-8-15(2)21(14-19)30(28,29)26-18-12-9-17(23)10-13-18/h4-14,26H,3H2,1-2H3,(H2,24,25,27). The average molecular weight is 444 g/mol. The highest BCUT2D eigenvalue weighted by atomic mass is 35.5. The number of benzene rings is 3. The van der Waals surface area contributed by atoms with Gasteiger partial charge in [-0.2, -0.15) is 0 Å². The molecule has 8 heteroatoms. The minimum atomic E-state index is -3.85. The van der Waals surface area contributed by atoms with Crippen LogP contribution in [0, 0.1) is 6.92 Å². The van der Waals surface area contributed by atoms with E-state index in [1.54, 1.807) is 43.3 Å². The van der Waals surface area contributed by atoms with Gasteiger partial charge in [0.05, 0.1) is 4.90 Å². The summed E-state index contributed by atoms with van der Waals surface area (Å²) in [5, 5.41) is 6.00. The lowest BCUT2D eigenvalue weighted by molar-refractivity contribution is 0.262. The van der Waals surface area contributed by atoms with Crippen LogP contribution in [0.5, 0.6) is 0 Å². The molecule has 0 radical (unpaired) electrons. The number of carbonyl (C=O) groups is 1. The molecular weight excluding hydrogens is 422 g/mol. The highest BCUT2D eigenvalue weighted by Gasteiger charge is 2.18. The van der Waals surface area contributed by atoms with Gasteiger partial charge in [0.25, 0.3) is 10.0 Å². The van der Waals surface area contributed by atoms with E-state index in [1.807, 2.05) is 31.2 Å². The molecule has 0 aliphatic rings. The van der Waals surface area contributed by atoms with Crippen molar-refractivity contribution in [3.63, 3.8) is 0 Å². The van der Waals surface area contributed by atoms with Crippen LogP contribution in [0.1, 0.15) is 18.1 Å². The topological polar surface area (TPSA) is 87.3 Å². The van der Waals surface area contributed by atoms with Crippen molar-refractivity contribution in [2.75, 3.05) is 15.4 Å². The van der Waals surface area contributed by atoms with Gasteiger partial charge in [0.2, 0.25) is 0 Å². The fourth-order valence-electron chi connectivity index (χ4n) is 2.93. The van der Waals surface area contributed by atoms with Crippen molar-refractivity contribution < 1.29 is 13.2 Å². The second-order valence-electron chi connectivity index (χ2n) is 6.68. The van der Waals surface area contributed by atoms with Gasteiger partial charge < -0.3 is 10.6 Å². The van der Waals surface area contributed by atoms with Gasteiger partial charge in [0.15, 0.2) is 0 Å². The molecular formula is C22H22ClN3O3S. The predicted octanol–water partition coefficient (Wildman–Crippen LogP) is 5.66. The highest BCUT2D eigenvalue weighted by Crippen LogP contribution is 2.24. The zero-order valence-electron chi connectivity index (χ0n) is 16.6. The molecule has 0 fully saturated rings. The monoisotopic (exact) mass is 443 g/mol. The first-order chi connectivity index (χ1) is 14.3. The smallest absolute Gasteiger partial charge is 0.308 e. The average Bonchev–Trinajstić information content (AvgIpc) is 2.71. The molecule has 6 nitrogen and oxygen atoms in total. The van der Waals surface area contributed by atoms with Gasteiger partial charge in [-0.25, -0.2) is 13.2 Å². The highest BCUT2D eigenvalue weighted by molar-refractivity contribution is 7.92. The minimum absolute atomic E-state index is 0.0733. The van der Waals surface area contributed by atoms with Crippen molar-refractivity contribution in [3.05, 3.63) is 82.9 Å². The Labute approximate surface area is 181 Å². The second kappa shape index (κ2) is 9.19. The van der Waals surface area contributed by atoms with Crippen LogP contribution < -0.4 is 15.4 Å². The lowest BCUT2D eigenvalue weighted by Gasteiger charge is -2.14. The number of anilines is 3. The molecule has 3 aromatic rings. The number of sulfonamides is 1. The van der Waals surface area contributed by atoms with E-state index in [0.717, 1.165) is 12.0 Å². The van der Waals surface area contributed by atoms with Crippen LogP contribution in [0.15, 0.2) is 71.6 Å². The van der Waals surface area contributed by atoms with Crippen molar-refractivity contribution in [1.82, 2.24) is 0 Å². The van der Waals surface area contributed by atoms with E-state index in [2.05, 4.69) is 15.4 Å². The number of rotatable bonds is 6. The molecule has 0 aliphatic carbocycles. The number of para-hydroxylation sites is 1. The predicted molar refractivity (Wildman–Crippen MR) is 122 cm³/mol. The molecule has 156 valence electrons. The SMILES string of the molecule is CCc1ccccc1NC(=O)Nc1ccc(C)c(S(=O)(=O)Nc2ccc(Cl)cc2)c1. The number of hydrogen-bond acceptors (Lipinski definition) is 3. The molecule has 3 N–H and O–H groups in total. The van der Waals surface area contributed by atoms with Gasteiger partial charge >= 0.3 is 6.03 Å². The summed E-state index contributed by atoms with van der Waals surface area (Å²) in [6.07, 6.45) is 0.778. The molecule has 0 saturated heterocycles. The molecule has 0 bridgehead atoms. The Hall–Kier alpha value is -3.03. The van der Waals surface area contributed by atoms with E-state index in [1.165, 1.54) is 6.07 Å². The van der Waals surface area contributed by atoms with E-state index >= 15 is 0 Å². The van der Waals surface area contributed by atoms with Gasteiger partial charge in [-0.3, -0.25) is 4.72 Å². The van der Waals surface area contributed by atoms with E-state index in [0.29, 0.717) is 27.6 Å². The summed E-state index contributed by atoms with van der Waals surface area (Å²) in [6, 6.07) is 18.1. The third kappa shape index (κ3) is 5.31. The van der Waals surface area contributed by atoms with E-state index in [4.69, 9.17) is 11.6 Å². The Morgan fingerprint density at radius 3 is 2.30 bits per heavy atom. The summed E-state index contributed by atoms with van der Waals surface area (Å²) in [4.78, 5) is 12.5. The summed E-state index contributed by atoms with van der Waals surface area (Å²) in [6.45, 7) is 3.70. The molecule has 0 unspecified atom stereocenters. The van der Waals surface area contributed by atoms with Gasteiger partial charge in [-0.05, 0) is 66.9 Å². The van der Waals surface area contributed by atoms with Crippen molar-refractivity contribution in [2.24, 2.45) is 0 Å². The fraction of sp³-hybridized carbons (Fsp3) is 0.136.